The highest BCUT2D eigenvalue weighted by Crippen LogP contribution is 2.22. The van der Waals surface area contributed by atoms with Gasteiger partial charge in [-0.25, -0.2) is 0 Å². The lowest BCUT2D eigenvalue weighted by atomic mass is 10.1. The van der Waals surface area contributed by atoms with E-state index in [1.54, 1.807) is 30.3 Å². The van der Waals surface area contributed by atoms with E-state index in [4.69, 9.17) is 34.8 Å². The predicted molar refractivity (Wildman–Crippen MR) is 113 cm³/mol. The van der Waals surface area contributed by atoms with Gasteiger partial charge in [-0.3, -0.25) is 14.6 Å². The fourth-order valence-electron chi connectivity index (χ4n) is 2.28. The van der Waals surface area contributed by atoms with E-state index in [9.17, 15) is 9.59 Å². The van der Waals surface area contributed by atoms with Gasteiger partial charge in [0.05, 0.1) is 5.75 Å². The predicted octanol–water partition coefficient (Wildman–Crippen LogP) is 4.45. The van der Waals surface area contributed by atoms with Crippen molar-refractivity contribution in [3.8, 4) is 0 Å². The van der Waals surface area contributed by atoms with Gasteiger partial charge < -0.3 is 5.32 Å². The molecule has 0 saturated heterocycles. The van der Waals surface area contributed by atoms with Gasteiger partial charge in [0, 0.05) is 27.2 Å². The largest absolute Gasteiger partial charge is 0.325 e. The summed E-state index contributed by atoms with van der Waals surface area (Å²) in [7, 11) is 0. The van der Waals surface area contributed by atoms with E-state index in [-0.39, 0.29) is 28.1 Å². The highest BCUT2D eigenvalue weighted by Gasteiger charge is 2.10. The van der Waals surface area contributed by atoms with Crippen molar-refractivity contribution in [1.29, 1.82) is 0 Å². The minimum absolute atomic E-state index is 0.0330. The molecule has 0 aliphatic carbocycles. The smallest absolute Gasteiger partial charge is 0.273 e. The molecule has 0 radical (unpaired) electrons. The van der Waals surface area contributed by atoms with Crippen LogP contribution in [0.15, 0.2) is 52.4 Å². The van der Waals surface area contributed by atoms with Crippen LogP contribution >= 0.6 is 46.6 Å². The van der Waals surface area contributed by atoms with Crippen LogP contribution in [0.25, 0.3) is 0 Å². The maximum atomic E-state index is 12.2. The third-order valence-corrected chi connectivity index (χ3v) is 5.07. The number of thioether (sulfide) groups is 1. The van der Waals surface area contributed by atoms with E-state index in [0.717, 1.165) is 17.3 Å². The van der Waals surface area contributed by atoms with E-state index in [2.05, 4.69) is 20.5 Å². The monoisotopic (exact) mass is 454 g/mol. The summed E-state index contributed by atoms with van der Waals surface area (Å²) in [6.07, 6.45) is 0.334. The highest BCUT2D eigenvalue weighted by molar-refractivity contribution is 7.99. The van der Waals surface area contributed by atoms with Crippen molar-refractivity contribution < 1.29 is 4.79 Å². The molecule has 1 heterocycles. The van der Waals surface area contributed by atoms with E-state index in [0.29, 0.717) is 27.2 Å². The summed E-state index contributed by atoms with van der Waals surface area (Å²) in [6, 6.07) is 11.9. The average Bonchev–Trinajstić information content (AvgIpc) is 2.63. The fourth-order valence-corrected chi connectivity index (χ4v) is 3.53. The van der Waals surface area contributed by atoms with Crippen LogP contribution in [0.4, 0.5) is 5.69 Å². The van der Waals surface area contributed by atoms with Gasteiger partial charge in [-0.15, -0.1) is 10.2 Å². The molecule has 2 aromatic carbocycles. The average molecular weight is 456 g/mol. The Morgan fingerprint density at radius 2 is 1.68 bits per heavy atom. The molecule has 0 aliphatic heterocycles. The van der Waals surface area contributed by atoms with E-state index in [1.165, 1.54) is 0 Å². The molecule has 3 rings (SSSR count). The Labute approximate surface area is 179 Å². The van der Waals surface area contributed by atoms with Gasteiger partial charge in [-0.1, -0.05) is 58.7 Å². The van der Waals surface area contributed by atoms with Gasteiger partial charge in [0.25, 0.3) is 5.56 Å². The van der Waals surface area contributed by atoms with E-state index in [1.807, 2.05) is 12.1 Å². The number of hydrogen-bond acceptors (Lipinski definition) is 5. The minimum atomic E-state index is -0.352. The first-order valence-corrected chi connectivity index (χ1v) is 10.1. The first-order chi connectivity index (χ1) is 13.4. The van der Waals surface area contributed by atoms with Gasteiger partial charge in [-0.05, 0) is 35.9 Å². The van der Waals surface area contributed by atoms with Gasteiger partial charge in [0.2, 0.25) is 5.91 Å². The molecule has 28 heavy (non-hydrogen) atoms. The van der Waals surface area contributed by atoms with Crippen molar-refractivity contribution in [3.63, 3.8) is 0 Å². The molecule has 144 valence electrons. The van der Waals surface area contributed by atoms with E-state index >= 15 is 0 Å². The molecule has 2 N–H and O–H groups in total. The number of H-pyrrole nitrogens is 1. The quantitative estimate of drug-likeness (QED) is 0.536. The Balaban J connectivity index is 1.58. The maximum Gasteiger partial charge on any atom is 0.273 e. The summed E-state index contributed by atoms with van der Waals surface area (Å²) >= 11 is 18.7. The molecule has 6 nitrogen and oxygen atoms in total. The van der Waals surface area contributed by atoms with Crippen molar-refractivity contribution >= 4 is 58.2 Å². The minimum Gasteiger partial charge on any atom is -0.325 e. The number of carbonyl (C=O) groups is 1. The lowest BCUT2D eigenvalue weighted by molar-refractivity contribution is -0.113. The normalized spacial score (nSPS) is 10.7. The van der Waals surface area contributed by atoms with Gasteiger partial charge in [0.1, 0.15) is 5.69 Å². The molecule has 0 aliphatic rings. The summed E-state index contributed by atoms with van der Waals surface area (Å²) in [5.41, 5.74) is 1.31. The van der Waals surface area contributed by atoms with Gasteiger partial charge in [0.15, 0.2) is 5.16 Å². The zero-order chi connectivity index (χ0) is 20.1. The number of hydrogen-bond donors (Lipinski definition) is 2. The van der Waals surface area contributed by atoms with Crippen LogP contribution in [0, 0.1) is 0 Å². The van der Waals surface area contributed by atoms with Crippen LogP contribution in [0.1, 0.15) is 11.3 Å². The second-order valence-corrected chi connectivity index (χ2v) is 7.98. The number of rotatable bonds is 6. The highest BCUT2D eigenvalue weighted by atomic mass is 35.5. The molecule has 0 atom stereocenters. The van der Waals surface area contributed by atoms with Crippen molar-refractivity contribution in [2.45, 2.75) is 11.6 Å². The molecule has 0 spiro atoms. The molecule has 0 saturated carbocycles. The zero-order valence-electron chi connectivity index (χ0n) is 14.2. The summed E-state index contributed by atoms with van der Waals surface area (Å²) < 4.78 is 0. The first kappa shape index (κ1) is 20.7. The van der Waals surface area contributed by atoms with E-state index < -0.39 is 0 Å². The van der Waals surface area contributed by atoms with Crippen LogP contribution in [0.5, 0.6) is 0 Å². The first-order valence-electron chi connectivity index (χ1n) is 7.98. The lowest BCUT2D eigenvalue weighted by Crippen LogP contribution is -2.19. The lowest BCUT2D eigenvalue weighted by Gasteiger charge is -2.06. The second-order valence-electron chi connectivity index (χ2n) is 5.70. The summed E-state index contributed by atoms with van der Waals surface area (Å²) in [4.78, 5) is 26.9. The number of nitrogens with zero attached hydrogens (tertiary/aromatic N) is 2. The maximum absolute atomic E-state index is 12.2. The summed E-state index contributed by atoms with van der Waals surface area (Å²) in [6.45, 7) is 0. The Hall–Kier alpha value is -2.06. The summed E-state index contributed by atoms with van der Waals surface area (Å²) in [5.74, 6) is -0.262. The fraction of sp³-hybridized carbons (Fsp3) is 0.111. The number of amides is 1. The van der Waals surface area contributed by atoms with Crippen molar-refractivity contribution in [3.05, 3.63) is 79.1 Å². The second kappa shape index (κ2) is 9.43. The molecule has 0 bridgehead atoms. The van der Waals surface area contributed by atoms with Crippen molar-refractivity contribution in [2.75, 3.05) is 11.1 Å². The SMILES string of the molecule is O=C(CSc1nnc(Cc2ccc(Cl)cc2)c(=O)[nH]1)Nc1cc(Cl)cc(Cl)c1. The Morgan fingerprint density at radius 3 is 2.32 bits per heavy atom. The van der Waals surface area contributed by atoms with Crippen molar-refractivity contribution in [2.24, 2.45) is 0 Å². The van der Waals surface area contributed by atoms with Crippen molar-refractivity contribution in [1.82, 2.24) is 15.2 Å². The third kappa shape index (κ3) is 5.97. The van der Waals surface area contributed by atoms with Gasteiger partial charge in [-0.2, -0.15) is 0 Å². The Morgan fingerprint density at radius 1 is 1.00 bits per heavy atom. The van der Waals surface area contributed by atoms with Crippen LogP contribution < -0.4 is 10.9 Å². The molecule has 10 heteroatoms. The van der Waals surface area contributed by atoms with Crippen LogP contribution in [0.3, 0.4) is 0 Å². The zero-order valence-corrected chi connectivity index (χ0v) is 17.3. The number of anilines is 1. The number of nitrogens with one attached hydrogen (secondary N) is 2. The molecule has 3 aromatic rings. The number of carbonyl (C=O) groups excluding carboxylic acids is 1. The van der Waals surface area contributed by atoms with Crippen LogP contribution in [0.2, 0.25) is 15.1 Å². The van der Waals surface area contributed by atoms with Crippen LogP contribution in [-0.2, 0) is 11.2 Å². The Bertz CT molecular complexity index is 1040. The standard InChI is InChI=1S/C18H13Cl3N4O2S/c19-11-3-1-10(2-4-11)5-15-17(27)23-18(25-24-15)28-9-16(26)22-14-7-12(20)6-13(21)8-14/h1-4,6-8H,5,9H2,(H,22,26)(H,23,25,27). The van der Waals surface area contributed by atoms with Gasteiger partial charge >= 0.3 is 0 Å². The molecular weight excluding hydrogens is 443 g/mol. The molecular formula is C18H13Cl3N4O2S. The number of aromatic nitrogens is 3. The number of halogens is 3. The molecule has 1 aromatic heterocycles. The van der Waals surface area contributed by atoms with Crippen LogP contribution in [-0.4, -0.2) is 26.8 Å². The summed E-state index contributed by atoms with van der Waals surface area (Å²) in [5, 5.41) is 12.3. The Kier molecular flexibility index (Phi) is 6.96. The third-order valence-electron chi connectivity index (χ3n) is 3.52. The molecule has 0 unspecified atom stereocenters. The topological polar surface area (TPSA) is 87.7 Å². The molecule has 0 fully saturated rings. The number of benzene rings is 2. The molecule has 1 amide bonds. The number of aromatic amines is 1.